The largest absolute Gasteiger partial charge is 0.391 e. The molecule has 76 valence electrons. The number of aliphatic hydroxyl groups is 1. The quantitative estimate of drug-likeness (QED) is 0.703. The van der Waals surface area contributed by atoms with Gasteiger partial charge in [0, 0.05) is 13.1 Å². The number of nitrogens with zero attached hydrogens (tertiary/aromatic N) is 3. The van der Waals surface area contributed by atoms with E-state index >= 15 is 0 Å². The Labute approximate surface area is 86.5 Å². The summed E-state index contributed by atoms with van der Waals surface area (Å²) in [5.74, 6) is 0.807. The van der Waals surface area contributed by atoms with Gasteiger partial charge < -0.3 is 15.7 Å². The maximum Gasteiger partial charge on any atom is 0.222 e. The number of nitrogen functional groups attached to an aromatic ring is 1. The molecule has 6 heteroatoms. The molecule has 1 saturated heterocycles. The summed E-state index contributed by atoms with van der Waals surface area (Å²) in [6.07, 6.45) is 1.91. The van der Waals surface area contributed by atoms with E-state index in [1.54, 1.807) is 0 Å². The first-order chi connectivity index (χ1) is 6.66. The third-order valence-corrected chi connectivity index (χ3v) is 2.47. The molecule has 1 aromatic rings. The predicted octanol–water partition coefficient (Wildman–Crippen LogP) is 0.283. The van der Waals surface area contributed by atoms with Crippen LogP contribution in [0.15, 0.2) is 6.20 Å². The summed E-state index contributed by atoms with van der Waals surface area (Å²) in [7, 11) is 0. The van der Waals surface area contributed by atoms with Crippen molar-refractivity contribution in [2.75, 3.05) is 23.7 Å². The molecule has 3 N–H and O–H groups in total. The molecule has 1 aromatic heterocycles. The van der Waals surface area contributed by atoms with Crippen LogP contribution in [0.2, 0.25) is 5.02 Å². The Morgan fingerprint density at radius 1 is 1.64 bits per heavy atom. The van der Waals surface area contributed by atoms with Crippen molar-refractivity contribution in [2.24, 2.45) is 0 Å². The Bertz CT molecular complexity index is 346. The number of β-amino-alcohol motifs (C(OH)–C–C–N with tert-alkyl or cyclic N) is 1. The summed E-state index contributed by atoms with van der Waals surface area (Å²) < 4.78 is 0. The van der Waals surface area contributed by atoms with Crippen molar-refractivity contribution in [3.63, 3.8) is 0 Å². The SMILES string of the molecule is Nc1ncc(Cl)c(N2CCC(O)C2)n1. The summed E-state index contributed by atoms with van der Waals surface area (Å²) in [6.45, 7) is 1.30. The van der Waals surface area contributed by atoms with Crippen LogP contribution in [0.4, 0.5) is 11.8 Å². The molecule has 0 bridgehead atoms. The second-order valence-corrected chi connectivity index (χ2v) is 3.70. The number of rotatable bonds is 1. The van der Waals surface area contributed by atoms with Gasteiger partial charge in [-0.25, -0.2) is 4.98 Å². The average molecular weight is 215 g/mol. The van der Waals surface area contributed by atoms with Gasteiger partial charge >= 0.3 is 0 Å². The zero-order chi connectivity index (χ0) is 10.1. The topological polar surface area (TPSA) is 75.3 Å². The maximum atomic E-state index is 9.36. The van der Waals surface area contributed by atoms with Crippen LogP contribution >= 0.6 is 11.6 Å². The molecule has 2 rings (SSSR count). The van der Waals surface area contributed by atoms with Crippen molar-refractivity contribution in [1.29, 1.82) is 0 Å². The lowest BCUT2D eigenvalue weighted by Gasteiger charge is -2.17. The predicted molar refractivity (Wildman–Crippen MR) is 54.3 cm³/mol. The van der Waals surface area contributed by atoms with E-state index < -0.39 is 0 Å². The molecule has 1 fully saturated rings. The minimum atomic E-state index is -0.303. The van der Waals surface area contributed by atoms with Gasteiger partial charge in [0.2, 0.25) is 5.95 Å². The van der Waals surface area contributed by atoms with E-state index in [9.17, 15) is 5.11 Å². The van der Waals surface area contributed by atoms with Gasteiger partial charge in [-0.3, -0.25) is 0 Å². The van der Waals surface area contributed by atoms with Crippen molar-refractivity contribution in [3.8, 4) is 0 Å². The summed E-state index contributed by atoms with van der Waals surface area (Å²) >= 11 is 5.92. The van der Waals surface area contributed by atoms with Crippen LogP contribution in [0.5, 0.6) is 0 Å². The third kappa shape index (κ3) is 1.73. The Balaban J connectivity index is 2.27. The summed E-state index contributed by atoms with van der Waals surface area (Å²) in [5.41, 5.74) is 5.46. The molecule has 5 nitrogen and oxygen atoms in total. The highest BCUT2D eigenvalue weighted by Gasteiger charge is 2.23. The lowest BCUT2D eigenvalue weighted by Crippen LogP contribution is -2.23. The van der Waals surface area contributed by atoms with Crippen molar-refractivity contribution < 1.29 is 5.11 Å². The maximum absolute atomic E-state index is 9.36. The number of anilines is 2. The molecule has 0 aliphatic carbocycles. The molecule has 1 aliphatic heterocycles. The molecular weight excluding hydrogens is 204 g/mol. The normalized spacial score (nSPS) is 21.6. The lowest BCUT2D eigenvalue weighted by molar-refractivity contribution is 0.198. The summed E-state index contributed by atoms with van der Waals surface area (Å²) in [5, 5.41) is 9.83. The van der Waals surface area contributed by atoms with Crippen molar-refractivity contribution >= 4 is 23.4 Å². The van der Waals surface area contributed by atoms with E-state index in [-0.39, 0.29) is 12.1 Å². The fourth-order valence-electron chi connectivity index (χ4n) is 1.53. The Morgan fingerprint density at radius 2 is 2.43 bits per heavy atom. The second kappa shape index (κ2) is 3.59. The van der Waals surface area contributed by atoms with Crippen molar-refractivity contribution in [3.05, 3.63) is 11.2 Å². The van der Waals surface area contributed by atoms with Crippen LogP contribution in [0, 0.1) is 0 Å². The standard InChI is InChI=1S/C8H11ClN4O/c9-6-3-11-8(10)12-7(6)13-2-1-5(14)4-13/h3,5,14H,1-2,4H2,(H2,10,11,12). The molecule has 0 radical (unpaired) electrons. The molecule has 1 atom stereocenters. The molecule has 1 aliphatic rings. The number of halogens is 1. The van der Waals surface area contributed by atoms with Crippen molar-refractivity contribution in [1.82, 2.24) is 9.97 Å². The minimum absolute atomic E-state index is 0.200. The van der Waals surface area contributed by atoms with E-state index in [4.69, 9.17) is 17.3 Å². The molecule has 1 unspecified atom stereocenters. The first-order valence-electron chi connectivity index (χ1n) is 4.38. The highest BCUT2D eigenvalue weighted by atomic mass is 35.5. The van der Waals surface area contributed by atoms with Gasteiger partial charge in [0.1, 0.15) is 5.02 Å². The zero-order valence-electron chi connectivity index (χ0n) is 7.52. The highest BCUT2D eigenvalue weighted by Crippen LogP contribution is 2.26. The molecule has 14 heavy (non-hydrogen) atoms. The van der Waals surface area contributed by atoms with Crippen LogP contribution in [0.3, 0.4) is 0 Å². The summed E-state index contributed by atoms with van der Waals surface area (Å²) in [4.78, 5) is 9.72. The fourth-order valence-corrected chi connectivity index (χ4v) is 1.74. The monoisotopic (exact) mass is 214 g/mol. The number of hydrogen-bond acceptors (Lipinski definition) is 5. The molecule has 2 heterocycles. The smallest absolute Gasteiger partial charge is 0.222 e. The Kier molecular flexibility index (Phi) is 2.43. The lowest BCUT2D eigenvalue weighted by atomic mass is 10.3. The highest BCUT2D eigenvalue weighted by molar-refractivity contribution is 6.32. The van der Waals surface area contributed by atoms with Gasteiger partial charge in [0.25, 0.3) is 0 Å². The summed E-state index contributed by atoms with van der Waals surface area (Å²) in [6, 6.07) is 0. The molecule has 0 aromatic carbocycles. The van der Waals surface area contributed by atoms with E-state index in [0.29, 0.717) is 17.4 Å². The number of nitrogens with two attached hydrogens (primary N) is 1. The molecule has 0 saturated carbocycles. The van der Waals surface area contributed by atoms with Crippen molar-refractivity contribution in [2.45, 2.75) is 12.5 Å². The van der Waals surface area contributed by atoms with E-state index in [2.05, 4.69) is 9.97 Å². The first-order valence-corrected chi connectivity index (χ1v) is 4.75. The molecule has 0 amide bonds. The molecule has 0 spiro atoms. The average Bonchev–Trinajstić information content (AvgIpc) is 2.56. The van der Waals surface area contributed by atoms with E-state index in [1.807, 2.05) is 4.90 Å². The van der Waals surface area contributed by atoms with Crippen LogP contribution in [0.25, 0.3) is 0 Å². The van der Waals surface area contributed by atoms with Gasteiger partial charge in [-0.2, -0.15) is 4.98 Å². The third-order valence-electron chi connectivity index (χ3n) is 2.21. The number of aliphatic hydroxyl groups excluding tert-OH is 1. The van der Waals surface area contributed by atoms with Crippen LogP contribution in [-0.2, 0) is 0 Å². The second-order valence-electron chi connectivity index (χ2n) is 3.29. The Hall–Kier alpha value is -1.07. The van der Waals surface area contributed by atoms with E-state index in [0.717, 1.165) is 13.0 Å². The number of aromatic nitrogens is 2. The van der Waals surface area contributed by atoms with Gasteiger partial charge in [0.05, 0.1) is 12.3 Å². The fraction of sp³-hybridized carbons (Fsp3) is 0.500. The van der Waals surface area contributed by atoms with E-state index in [1.165, 1.54) is 6.20 Å². The first kappa shape index (κ1) is 9.48. The minimum Gasteiger partial charge on any atom is -0.391 e. The van der Waals surface area contributed by atoms with Crippen LogP contribution in [0.1, 0.15) is 6.42 Å². The van der Waals surface area contributed by atoms with Gasteiger partial charge in [-0.15, -0.1) is 0 Å². The van der Waals surface area contributed by atoms with Gasteiger partial charge in [0.15, 0.2) is 5.82 Å². The van der Waals surface area contributed by atoms with Crippen LogP contribution in [-0.4, -0.2) is 34.3 Å². The van der Waals surface area contributed by atoms with Crippen LogP contribution < -0.4 is 10.6 Å². The van der Waals surface area contributed by atoms with Gasteiger partial charge in [-0.1, -0.05) is 11.6 Å². The molecular formula is C8H11ClN4O. The Morgan fingerprint density at radius 3 is 3.07 bits per heavy atom. The van der Waals surface area contributed by atoms with Gasteiger partial charge in [-0.05, 0) is 6.42 Å². The zero-order valence-corrected chi connectivity index (χ0v) is 8.28. The number of hydrogen-bond donors (Lipinski definition) is 2.